The number of anilines is 1. The Hall–Kier alpha value is -1.02. The molecular formula is C11H15NO. The second kappa shape index (κ2) is 3.04. The average Bonchev–Trinajstić information content (AvgIpc) is 2.14. The molecular weight excluding hydrogens is 162 g/mol. The molecule has 1 heterocycles. The first kappa shape index (κ1) is 8.57. The average molecular weight is 177 g/mol. The summed E-state index contributed by atoms with van der Waals surface area (Å²) in [6, 6.07) is 8.57. The number of ether oxygens (including phenoxy) is 1. The van der Waals surface area contributed by atoms with E-state index in [1.165, 1.54) is 5.56 Å². The fourth-order valence-electron chi connectivity index (χ4n) is 1.61. The first-order chi connectivity index (χ1) is 6.24. The van der Waals surface area contributed by atoms with E-state index in [0.717, 1.165) is 18.9 Å². The largest absolute Gasteiger partial charge is 0.388 e. The third-order valence-corrected chi connectivity index (χ3v) is 2.71. The normalized spacial score (nSPS) is 19.2. The molecule has 0 radical (unpaired) electrons. The maximum Gasteiger partial charge on any atom is 0.0582 e. The zero-order valence-electron chi connectivity index (χ0n) is 8.13. The molecule has 0 spiro atoms. The van der Waals surface area contributed by atoms with Gasteiger partial charge in [-0.1, -0.05) is 19.1 Å². The van der Waals surface area contributed by atoms with Crippen molar-refractivity contribution in [1.82, 2.24) is 0 Å². The fourth-order valence-corrected chi connectivity index (χ4v) is 1.61. The van der Waals surface area contributed by atoms with Gasteiger partial charge in [0.1, 0.15) is 0 Å². The van der Waals surface area contributed by atoms with E-state index < -0.39 is 0 Å². The van der Waals surface area contributed by atoms with Crippen LogP contribution in [0.15, 0.2) is 24.3 Å². The Kier molecular flexibility index (Phi) is 2.00. The molecule has 1 aromatic carbocycles. The molecule has 0 unspecified atom stereocenters. The van der Waals surface area contributed by atoms with Gasteiger partial charge in [-0.3, -0.25) is 0 Å². The first-order valence-corrected chi connectivity index (χ1v) is 4.61. The third kappa shape index (κ3) is 1.42. The molecule has 0 aliphatic carbocycles. The molecule has 1 fully saturated rings. The maximum absolute atomic E-state index is 5.23. The van der Waals surface area contributed by atoms with Crippen molar-refractivity contribution in [2.75, 3.05) is 25.6 Å². The number of rotatable bonds is 2. The van der Waals surface area contributed by atoms with Crippen molar-refractivity contribution in [2.24, 2.45) is 0 Å². The second-order valence-electron chi connectivity index (χ2n) is 3.88. The van der Waals surface area contributed by atoms with Crippen LogP contribution in [0.25, 0.3) is 0 Å². The van der Waals surface area contributed by atoms with Crippen molar-refractivity contribution < 1.29 is 4.74 Å². The van der Waals surface area contributed by atoms with Crippen LogP contribution < -0.4 is 5.32 Å². The third-order valence-electron chi connectivity index (χ3n) is 2.71. The first-order valence-electron chi connectivity index (χ1n) is 4.61. The van der Waals surface area contributed by atoms with E-state index in [0.29, 0.717) is 0 Å². The van der Waals surface area contributed by atoms with Gasteiger partial charge in [-0.25, -0.2) is 0 Å². The van der Waals surface area contributed by atoms with E-state index in [1.807, 2.05) is 7.05 Å². The molecule has 1 N–H and O–H groups in total. The summed E-state index contributed by atoms with van der Waals surface area (Å²) in [5.41, 5.74) is 2.79. The van der Waals surface area contributed by atoms with Crippen LogP contribution in [0, 0.1) is 0 Å². The summed E-state index contributed by atoms with van der Waals surface area (Å²) in [6.07, 6.45) is 0. The summed E-state index contributed by atoms with van der Waals surface area (Å²) in [5, 5.41) is 3.11. The van der Waals surface area contributed by atoms with Crippen molar-refractivity contribution in [3.05, 3.63) is 29.8 Å². The van der Waals surface area contributed by atoms with Crippen LogP contribution in [0.3, 0.4) is 0 Å². The smallest absolute Gasteiger partial charge is 0.0582 e. The molecule has 0 amide bonds. The summed E-state index contributed by atoms with van der Waals surface area (Å²) in [5.74, 6) is 0. The fraction of sp³-hybridized carbons (Fsp3) is 0.455. The van der Waals surface area contributed by atoms with Gasteiger partial charge in [0, 0.05) is 18.2 Å². The Morgan fingerprint density at radius 2 is 1.85 bits per heavy atom. The Labute approximate surface area is 78.9 Å². The topological polar surface area (TPSA) is 21.3 Å². The number of benzene rings is 1. The highest BCUT2D eigenvalue weighted by Gasteiger charge is 2.34. The highest BCUT2D eigenvalue weighted by Crippen LogP contribution is 2.31. The minimum absolute atomic E-state index is 0.256. The Morgan fingerprint density at radius 1 is 1.23 bits per heavy atom. The number of hydrogen-bond donors (Lipinski definition) is 1. The highest BCUT2D eigenvalue weighted by molar-refractivity contribution is 5.45. The van der Waals surface area contributed by atoms with Gasteiger partial charge in [0.05, 0.1) is 13.2 Å². The van der Waals surface area contributed by atoms with E-state index in [4.69, 9.17) is 4.74 Å². The lowest BCUT2D eigenvalue weighted by molar-refractivity contribution is -0.0499. The molecule has 0 atom stereocenters. The Morgan fingerprint density at radius 3 is 2.23 bits per heavy atom. The van der Waals surface area contributed by atoms with Gasteiger partial charge in [0.25, 0.3) is 0 Å². The van der Waals surface area contributed by atoms with Gasteiger partial charge in [0.15, 0.2) is 0 Å². The standard InChI is InChI=1S/C11H15NO/c1-11(7-13-8-11)9-3-5-10(12-2)6-4-9/h3-6,12H,7-8H2,1-2H3. The van der Waals surface area contributed by atoms with Crippen LogP contribution in [-0.2, 0) is 10.2 Å². The lowest BCUT2D eigenvalue weighted by Gasteiger charge is -2.38. The molecule has 0 bridgehead atoms. The van der Waals surface area contributed by atoms with Crippen LogP contribution >= 0.6 is 0 Å². The second-order valence-corrected chi connectivity index (χ2v) is 3.88. The summed E-state index contributed by atoms with van der Waals surface area (Å²) >= 11 is 0. The molecule has 2 nitrogen and oxygen atoms in total. The zero-order chi connectivity index (χ0) is 9.31. The van der Waals surface area contributed by atoms with Gasteiger partial charge in [-0.15, -0.1) is 0 Å². The molecule has 0 aromatic heterocycles. The molecule has 1 aliphatic rings. The van der Waals surface area contributed by atoms with Crippen molar-refractivity contribution >= 4 is 5.69 Å². The Balaban J connectivity index is 2.22. The SMILES string of the molecule is CNc1ccc(C2(C)COC2)cc1. The summed E-state index contributed by atoms with van der Waals surface area (Å²) in [7, 11) is 1.93. The van der Waals surface area contributed by atoms with E-state index in [-0.39, 0.29) is 5.41 Å². The molecule has 1 saturated heterocycles. The van der Waals surface area contributed by atoms with Crippen LogP contribution in [0.1, 0.15) is 12.5 Å². The number of hydrogen-bond acceptors (Lipinski definition) is 2. The van der Waals surface area contributed by atoms with Gasteiger partial charge in [-0.05, 0) is 17.7 Å². The van der Waals surface area contributed by atoms with Crippen LogP contribution in [-0.4, -0.2) is 20.3 Å². The molecule has 2 heteroatoms. The lowest BCUT2D eigenvalue weighted by Crippen LogP contribution is -2.43. The maximum atomic E-state index is 5.23. The molecule has 13 heavy (non-hydrogen) atoms. The quantitative estimate of drug-likeness (QED) is 0.746. The zero-order valence-corrected chi connectivity index (χ0v) is 8.13. The minimum atomic E-state index is 0.256. The van der Waals surface area contributed by atoms with Crippen LogP contribution in [0.5, 0.6) is 0 Å². The molecule has 2 rings (SSSR count). The van der Waals surface area contributed by atoms with Gasteiger partial charge >= 0.3 is 0 Å². The minimum Gasteiger partial charge on any atom is -0.388 e. The summed E-state index contributed by atoms with van der Waals surface area (Å²) < 4.78 is 5.23. The van der Waals surface area contributed by atoms with Crippen molar-refractivity contribution in [2.45, 2.75) is 12.3 Å². The monoisotopic (exact) mass is 177 g/mol. The van der Waals surface area contributed by atoms with Crippen LogP contribution in [0.2, 0.25) is 0 Å². The molecule has 70 valence electrons. The van der Waals surface area contributed by atoms with Crippen molar-refractivity contribution in [3.8, 4) is 0 Å². The Bertz CT molecular complexity index is 287. The summed E-state index contributed by atoms with van der Waals surface area (Å²) in [6.45, 7) is 3.95. The van der Waals surface area contributed by atoms with Crippen LogP contribution in [0.4, 0.5) is 5.69 Å². The highest BCUT2D eigenvalue weighted by atomic mass is 16.5. The predicted octanol–water partition coefficient (Wildman–Crippen LogP) is 2.02. The van der Waals surface area contributed by atoms with E-state index in [9.17, 15) is 0 Å². The number of nitrogens with one attached hydrogen (secondary N) is 1. The van der Waals surface area contributed by atoms with Crippen molar-refractivity contribution in [3.63, 3.8) is 0 Å². The van der Waals surface area contributed by atoms with E-state index in [2.05, 4.69) is 36.5 Å². The van der Waals surface area contributed by atoms with Gasteiger partial charge in [0.2, 0.25) is 0 Å². The van der Waals surface area contributed by atoms with Crippen molar-refractivity contribution in [1.29, 1.82) is 0 Å². The summed E-state index contributed by atoms with van der Waals surface area (Å²) in [4.78, 5) is 0. The van der Waals surface area contributed by atoms with Gasteiger partial charge in [-0.2, -0.15) is 0 Å². The molecule has 0 saturated carbocycles. The van der Waals surface area contributed by atoms with Gasteiger partial charge < -0.3 is 10.1 Å². The van der Waals surface area contributed by atoms with E-state index in [1.54, 1.807) is 0 Å². The predicted molar refractivity (Wildman–Crippen MR) is 54.2 cm³/mol. The molecule has 1 aliphatic heterocycles. The van der Waals surface area contributed by atoms with E-state index >= 15 is 0 Å². The lowest BCUT2D eigenvalue weighted by atomic mass is 9.81. The molecule has 1 aromatic rings.